The van der Waals surface area contributed by atoms with E-state index in [1.807, 2.05) is 38.0 Å². The average Bonchev–Trinajstić information content (AvgIpc) is 3.50. The summed E-state index contributed by atoms with van der Waals surface area (Å²) in [6, 6.07) is 12.8. The molecule has 0 bridgehead atoms. The maximum Gasteiger partial charge on any atom is 0.258 e. The Labute approximate surface area is 192 Å². The van der Waals surface area contributed by atoms with E-state index in [1.54, 1.807) is 24.4 Å². The molecule has 10 nitrogen and oxygen atoms in total. The summed E-state index contributed by atoms with van der Waals surface area (Å²) in [5, 5.41) is 18.8. The number of nitrogens with two attached hydrogens (primary N) is 1. The molecule has 0 spiro atoms. The van der Waals surface area contributed by atoms with Crippen molar-refractivity contribution in [2.45, 2.75) is 25.8 Å². The molecule has 2 aromatic heterocycles. The Bertz CT molecular complexity index is 1040. The zero-order valence-electron chi connectivity index (χ0n) is 18.6. The summed E-state index contributed by atoms with van der Waals surface area (Å²) in [6.45, 7) is 8.24. The smallest absolute Gasteiger partial charge is 0.258 e. The van der Waals surface area contributed by atoms with Crippen molar-refractivity contribution in [3.63, 3.8) is 0 Å². The van der Waals surface area contributed by atoms with Gasteiger partial charge in [0.2, 0.25) is 0 Å². The van der Waals surface area contributed by atoms with E-state index in [2.05, 4.69) is 37.1 Å². The Morgan fingerprint density at radius 2 is 2.09 bits per heavy atom. The Morgan fingerprint density at radius 3 is 2.64 bits per heavy atom. The largest absolute Gasteiger partial charge is 0.397 e. The van der Waals surface area contributed by atoms with Crippen molar-refractivity contribution in [2.24, 2.45) is 4.99 Å². The number of aliphatic imine (C=N–C) groups is 1. The first-order valence-corrected chi connectivity index (χ1v) is 10.3. The molecule has 3 heterocycles. The minimum atomic E-state index is -0.245. The summed E-state index contributed by atoms with van der Waals surface area (Å²) >= 11 is 0. The van der Waals surface area contributed by atoms with E-state index in [0.717, 1.165) is 36.6 Å². The number of carbonyl (C=O) groups is 2. The van der Waals surface area contributed by atoms with Gasteiger partial charge in [-0.3, -0.25) is 14.9 Å². The Balaban J connectivity index is 0.000000293. The maximum atomic E-state index is 12.1. The molecule has 5 N–H and O–H groups in total. The number of amides is 1. The fraction of sp³-hybridized carbons (Fsp3) is 0.261. The highest BCUT2D eigenvalue weighted by Crippen LogP contribution is 2.23. The van der Waals surface area contributed by atoms with E-state index in [-0.39, 0.29) is 18.6 Å². The first-order chi connectivity index (χ1) is 16.0. The minimum Gasteiger partial charge on any atom is -0.397 e. The number of nitrogens with one attached hydrogen (secondary N) is 2. The molecule has 1 aliphatic heterocycles. The van der Waals surface area contributed by atoms with Crippen LogP contribution in [0.2, 0.25) is 0 Å². The number of hydrogen-bond acceptors (Lipinski definition) is 8. The van der Waals surface area contributed by atoms with E-state index < -0.39 is 0 Å². The van der Waals surface area contributed by atoms with Crippen LogP contribution in [0.25, 0.3) is 0 Å². The normalized spacial score (nSPS) is 14.4. The summed E-state index contributed by atoms with van der Waals surface area (Å²) in [6.07, 6.45) is 3.57. The molecular formula is C23H29N7O3. The van der Waals surface area contributed by atoms with Crippen molar-refractivity contribution in [1.29, 1.82) is 0 Å². The molecule has 174 valence electrons. The molecule has 4 rings (SSSR count). The zero-order chi connectivity index (χ0) is 24.2. The van der Waals surface area contributed by atoms with Gasteiger partial charge in [0, 0.05) is 24.5 Å². The number of nitrogen functional groups attached to an aromatic ring is 1. The lowest BCUT2D eigenvalue weighted by molar-refractivity contribution is -0.0980. The number of aryl methyl sites for hydroxylation is 1. The van der Waals surface area contributed by atoms with Gasteiger partial charge in [0.1, 0.15) is 12.6 Å². The van der Waals surface area contributed by atoms with Crippen LogP contribution in [-0.4, -0.2) is 58.9 Å². The average molecular weight is 452 g/mol. The van der Waals surface area contributed by atoms with Crippen LogP contribution in [0.1, 0.15) is 28.9 Å². The highest BCUT2D eigenvalue weighted by Gasteiger charge is 2.24. The first kappa shape index (κ1) is 25.2. The standard InChI is InChI=1S/C15H19N5O2.C7H8N2.CH2O/c1-10-7-13(19-18-10)17-15(22)11-4-5-14(16-8-11)20-6-2-3-12(20)9-21;1-9-7-5-3-2-4-6(7)8;1-2/h4-5,7-8,12,21H,2-3,6,9H2,1H3,(H2,17,18,19,22);2-5H,1,8H2;1H2. The number of para-hydroxylation sites is 2. The van der Waals surface area contributed by atoms with Gasteiger partial charge in [-0.25, -0.2) is 4.98 Å². The molecular weight excluding hydrogens is 422 g/mol. The fourth-order valence-electron chi connectivity index (χ4n) is 3.32. The lowest BCUT2D eigenvalue weighted by Gasteiger charge is -2.24. The van der Waals surface area contributed by atoms with Gasteiger partial charge < -0.3 is 25.9 Å². The Kier molecular flexibility index (Phi) is 9.72. The molecule has 33 heavy (non-hydrogen) atoms. The quantitative estimate of drug-likeness (QED) is 0.344. The number of aliphatic hydroxyl groups is 1. The van der Waals surface area contributed by atoms with Crippen LogP contribution >= 0.6 is 0 Å². The van der Waals surface area contributed by atoms with Crippen LogP contribution in [0.15, 0.2) is 53.7 Å². The number of pyridine rings is 1. The lowest BCUT2D eigenvalue weighted by Crippen LogP contribution is -2.32. The molecule has 1 atom stereocenters. The van der Waals surface area contributed by atoms with Gasteiger partial charge in [-0.2, -0.15) is 5.10 Å². The lowest BCUT2D eigenvalue weighted by atomic mass is 10.2. The first-order valence-electron chi connectivity index (χ1n) is 10.3. The van der Waals surface area contributed by atoms with Crippen LogP contribution < -0.4 is 16.0 Å². The van der Waals surface area contributed by atoms with E-state index in [9.17, 15) is 9.90 Å². The second-order valence-corrected chi connectivity index (χ2v) is 7.18. The summed E-state index contributed by atoms with van der Waals surface area (Å²) in [4.78, 5) is 30.2. The van der Waals surface area contributed by atoms with E-state index in [4.69, 9.17) is 10.5 Å². The molecule has 10 heteroatoms. The predicted octanol–water partition coefficient (Wildman–Crippen LogP) is 2.74. The third-order valence-corrected chi connectivity index (χ3v) is 4.95. The molecule has 3 aromatic rings. The zero-order valence-corrected chi connectivity index (χ0v) is 18.6. The van der Waals surface area contributed by atoms with Crippen LogP contribution in [0, 0.1) is 6.92 Å². The van der Waals surface area contributed by atoms with Crippen molar-refractivity contribution in [3.05, 3.63) is 59.9 Å². The molecule has 1 saturated heterocycles. The van der Waals surface area contributed by atoms with Crippen LogP contribution in [-0.2, 0) is 4.79 Å². The van der Waals surface area contributed by atoms with Crippen molar-refractivity contribution < 1.29 is 14.7 Å². The van der Waals surface area contributed by atoms with Crippen molar-refractivity contribution in [1.82, 2.24) is 15.2 Å². The minimum absolute atomic E-state index is 0.124. The number of benzene rings is 1. The number of rotatable bonds is 5. The number of H-pyrrole nitrogens is 1. The number of aromatic amines is 1. The molecule has 1 amide bonds. The van der Waals surface area contributed by atoms with Gasteiger partial charge in [-0.1, -0.05) is 12.1 Å². The number of aromatic nitrogens is 3. The fourth-order valence-corrected chi connectivity index (χ4v) is 3.32. The second-order valence-electron chi connectivity index (χ2n) is 7.18. The van der Waals surface area contributed by atoms with E-state index >= 15 is 0 Å². The van der Waals surface area contributed by atoms with Crippen molar-refractivity contribution in [2.75, 3.05) is 29.1 Å². The van der Waals surface area contributed by atoms with Gasteiger partial charge in [0.15, 0.2) is 5.82 Å². The molecule has 1 fully saturated rings. The van der Waals surface area contributed by atoms with Gasteiger partial charge >= 0.3 is 0 Å². The molecule has 1 unspecified atom stereocenters. The number of anilines is 3. The van der Waals surface area contributed by atoms with Gasteiger partial charge in [0.05, 0.1) is 29.6 Å². The Hall–Kier alpha value is -4.05. The third kappa shape index (κ3) is 6.97. The van der Waals surface area contributed by atoms with Gasteiger partial charge in [-0.05, 0) is 50.7 Å². The predicted molar refractivity (Wildman–Crippen MR) is 130 cm³/mol. The summed E-state index contributed by atoms with van der Waals surface area (Å²) in [5.74, 6) is 1.04. The number of aliphatic hydroxyl groups excluding tert-OH is 1. The highest BCUT2D eigenvalue weighted by atomic mass is 16.3. The van der Waals surface area contributed by atoms with Crippen LogP contribution in [0.5, 0.6) is 0 Å². The van der Waals surface area contributed by atoms with Crippen molar-refractivity contribution in [3.8, 4) is 0 Å². The number of carbonyl (C=O) groups excluding carboxylic acids is 2. The molecule has 0 aliphatic carbocycles. The van der Waals surface area contributed by atoms with Crippen LogP contribution in [0.4, 0.5) is 23.0 Å². The molecule has 0 saturated carbocycles. The van der Waals surface area contributed by atoms with E-state index in [1.165, 1.54) is 0 Å². The molecule has 1 aromatic carbocycles. The number of hydrogen-bond donors (Lipinski definition) is 4. The van der Waals surface area contributed by atoms with E-state index in [0.29, 0.717) is 17.1 Å². The second kappa shape index (κ2) is 12.7. The number of nitrogens with zero attached hydrogens (tertiary/aromatic N) is 4. The summed E-state index contributed by atoms with van der Waals surface area (Å²) in [5.41, 5.74) is 8.28. The monoisotopic (exact) mass is 451 g/mol. The summed E-state index contributed by atoms with van der Waals surface area (Å²) < 4.78 is 0. The third-order valence-electron chi connectivity index (χ3n) is 4.95. The van der Waals surface area contributed by atoms with Gasteiger partial charge in [-0.15, -0.1) is 0 Å². The topological polar surface area (TPSA) is 150 Å². The SMILES string of the molecule is C=Nc1ccccc1N.C=O.Cc1cc(NC(=O)c2ccc(N3CCCC3CO)nc2)n[nH]1. The highest BCUT2D eigenvalue weighted by molar-refractivity contribution is 6.03. The van der Waals surface area contributed by atoms with Crippen LogP contribution in [0.3, 0.4) is 0 Å². The van der Waals surface area contributed by atoms with Gasteiger partial charge in [0.25, 0.3) is 5.91 Å². The molecule has 1 aliphatic rings. The maximum absolute atomic E-state index is 12.1. The Morgan fingerprint density at radius 1 is 1.33 bits per heavy atom. The van der Waals surface area contributed by atoms with Crippen molar-refractivity contribution >= 4 is 42.4 Å². The summed E-state index contributed by atoms with van der Waals surface area (Å²) in [7, 11) is 0. The molecule has 0 radical (unpaired) electrons.